The fourth-order valence-corrected chi connectivity index (χ4v) is 2.73. The standard InChI is InChI=1S/C18H28O5/c1-2-3-5-10-15(20)17(22)18(23,16(21)11-12-19)13-14-8-6-4-7-9-14/h4,6-9,12,15-17,20-23H,2-3,5,10-11,13H2,1H3/t15?,16-,17-,18+/m1/s1. The summed E-state index contributed by atoms with van der Waals surface area (Å²) in [5.74, 6) is 0. The number of aldehydes is 1. The number of aliphatic hydroxyl groups is 4. The van der Waals surface area contributed by atoms with E-state index in [-0.39, 0.29) is 12.8 Å². The first-order valence-corrected chi connectivity index (χ1v) is 8.19. The van der Waals surface area contributed by atoms with Gasteiger partial charge in [-0.05, 0) is 12.0 Å². The molecule has 4 atom stereocenters. The van der Waals surface area contributed by atoms with Crippen molar-refractivity contribution in [2.24, 2.45) is 0 Å². The Kier molecular flexibility index (Phi) is 8.41. The lowest BCUT2D eigenvalue weighted by molar-refractivity contribution is -0.179. The number of aliphatic hydroxyl groups excluding tert-OH is 3. The maximum absolute atomic E-state index is 10.8. The lowest BCUT2D eigenvalue weighted by Gasteiger charge is -2.39. The number of rotatable bonds is 11. The van der Waals surface area contributed by atoms with Crippen molar-refractivity contribution in [3.63, 3.8) is 0 Å². The normalized spacial score (nSPS) is 18.0. The quantitative estimate of drug-likeness (QED) is 0.362. The van der Waals surface area contributed by atoms with Gasteiger partial charge in [0.1, 0.15) is 18.0 Å². The van der Waals surface area contributed by atoms with Crippen molar-refractivity contribution < 1.29 is 25.2 Å². The van der Waals surface area contributed by atoms with Crippen LogP contribution in [0.15, 0.2) is 30.3 Å². The summed E-state index contributed by atoms with van der Waals surface area (Å²) in [7, 11) is 0. The average Bonchev–Trinajstić information content (AvgIpc) is 2.55. The Morgan fingerprint density at radius 1 is 1.13 bits per heavy atom. The van der Waals surface area contributed by atoms with E-state index in [4.69, 9.17) is 0 Å². The van der Waals surface area contributed by atoms with Crippen LogP contribution in [0.3, 0.4) is 0 Å². The third-order valence-electron chi connectivity index (χ3n) is 4.21. The number of benzene rings is 1. The van der Waals surface area contributed by atoms with Gasteiger partial charge in [-0.1, -0.05) is 56.5 Å². The van der Waals surface area contributed by atoms with Crippen LogP contribution in [-0.4, -0.2) is 50.6 Å². The van der Waals surface area contributed by atoms with E-state index in [1.165, 1.54) is 0 Å². The second-order valence-electron chi connectivity index (χ2n) is 6.08. The SMILES string of the molecule is CCCCCC(O)[C@@H](O)[C@](O)(Cc1ccccc1)[C@H](O)CC=O. The zero-order chi connectivity index (χ0) is 17.3. The molecule has 0 aliphatic carbocycles. The molecule has 4 N–H and O–H groups in total. The lowest BCUT2D eigenvalue weighted by Crippen LogP contribution is -2.58. The monoisotopic (exact) mass is 324 g/mol. The van der Waals surface area contributed by atoms with Crippen LogP contribution < -0.4 is 0 Å². The number of carbonyl (C=O) groups is 1. The third kappa shape index (κ3) is 5.70. The molecule has 0 amide bonds. The van der Waals surface area contributed by atoms with E-state index < -0.39 is 23.9 Å². The molecule has 0 spiro atoms. The molecule has 0 aliphatic rings. The first kappa shape index (κ1) is 19.8. The molecule has 0 heterocycles. The van der Waals surface area contributed by atoms with Gasteiger partial charge in [-0.3, -0.25) is 0 Å². The minimum Gasteiger partial charge on any atom is -0.390 e. The van der Waals surface area contributed by atoms with Crippen molar-refractivity contribution in [1.82, 2.24) is 0 Å². The first-order valence-electron chi connectivity index (χ1n) is 8.19. The van der Waals surface area contributed by atoms with E-state index in [9.17, 15) is 25.2 Å². The average molecular weight is 324 g/mol. The van der Waals surface area contributed by atoms with Crippen LogP contribution >= 0.6 is 0 Å². The highest BCUT2D eigenvalue weighted by atomic mass is 16.4. The second kappa shape index (κ2) is 9.78. The van der Waals surface area contributed by atoms with Crippen LogP contribution in [0.1, 0.15) is 44.6 Å². The van der Waals surface area contributed by atoms with Gasteiger partial charge in [0.25, 0.3) is 0 Å². The first-order chi connectivity index (χ1) is 11.0. The van der Waals surface area contributed by atoms with Crippen molar-refractivity contribution >= 4 is 6.29 Å². The predicted molar refractivity (Wildman–Crippen MR) is 87.9 cm³/mol. The summed E-state index contributed by atoms with van der Waals surface area (Å²) in [6.45, 7) is 2.03. The summed E-state index contributed by atoms with van der Waals surface area (Å²) in [6.07, 6.45) is -1.04. The molecule has 1 aromatic carbocycles. The third-order valence-corrected chi connectivity index (χ3v) is 4.21. The van der Waals surface area contributed by atoms with Gasteiger partial charge in [0, 0.05) is 12.8 Å². The summed E-state index contributed by atoms with van der Waals surface area (Å²) < 4.78 is 0. The van der Waals surface area contributed by atoms with E-state index in [0.29, 0.717) is 18.3 Å². The van der Waals surface area contributed by atoms with Crippen molar-refractivity contribution in [3.05, 3.63) is 35.9 Å². The van der Waals surface area contributed by atoms with Gasteiger partial charge < -0.3 is 25.2 Å². The van der Waals surface area contributed by atoms with Crippen LogP contribution in [0.2, 0.25) is 0 Å². The number of hydrogen-bond acceptors (Lipinski definition) is 5. The molecule has 130 valence electrons. The van der Waals surface area contributed by atoms with Gasteiger partial charge in [-0.2, -0.15) is 0 Å². The Hall–Kier alpha value is -1.27. The second-order valence-corrected chi connectivity index (χ2v) is 6.08. The molecular weight excluding hydrogens is 296 g/mol. The largest absolute Gasteiger partial charge is 0.390 e. The molecular formula is C18H28O5. The summed E-state index contributed by atoms with van der Waals surface area (Å²) >= 11 is 0. The Labute approximate surface area is 137 Å². The van der Waals surface area contributed by atoms with Crippen LogP contribution in [0, 0.1) is 0 Å². The lowest BCUT2D eigenvalue weighted by atomic mass is 9.79. The molecule has 23 heavy (non-hydrogen) atoms. The maximum atomic E-state index is 10.8. The molecule has 0 aliphatic heterocycles. The van der Waals surface area contributed by atoms with E-state index in [1.807, 2.05) is 13.0 Å². The highest BCUT2D eigenvalue weighted by molar-refractivity contribution is 5.50. The Morgan fingerprint density at radius 2 is 1.78 bits per heavy atom. The fourth-order valence-electron chi connectivity index (χ4n) is 2.73. The van der Waals surface area contributed by atoms with Gasteiger partial charge in [0.15, 0.2) is 0 Å². The molecule has 0 fully saturated rings. The molecule has 1 unspecified atom stereocenters. The van der Waals surface area contributed by atoms with E-state index in [0.717, 1.165) is 19.3 Å². The van der Waals surface area contributed by atoms with Crippen LogP contribution in [0.4, 0.5) is 0 Å². The van der Waals surface area contributed by atoms with Gasteiger partial charge in [-0.15, -0.1) is 0 Å². The molecule has 1 rings (SSSR count). The molecule has 0 aromatic heterocycles. The number of unbranched alkanes of at least 4 members (excludes halogenated alkanes) is 2. The Bertz CT molecular complexity index is 450. The molecule has 0 saturated heterocycles. The zero-order valence-corrected chi connectivity index (χ0v) is 13.6. The molecule has 1 aromatic rings. The van der Waals surface area contributed by atoms with Crippen molar-refractivity contribution in [2.75, 3.05) is 0 Å². The molecule has 0 radical (unpaired) electrons. The fraction of sp³-hybridized carbons (Fsp3) is 0.611. The smallest absolute Gasteiger partial charge is 0.123 e. The van der Waals surface area contributed by atoms with Crippen molar-refractivity contribution in [1.29, 1.82) is 0 Å². The Balaban J connectivity index is 2.91. The zero-order valence-electron chi connectivity index (χ0n) is 13.6. The predicted octanol–water partition coefficient (Wildman–Crippen LogP) is 1.21. The highest BCUT2D eigenvalue weighted by Crippen LogP contribution is 2.27. The highest BCUT2D eigenvalue weighted by Gasteiger charge is 2.45. The van der Waals surface area contributed by atoms with Crippen LogP contribution in [0.25, 0.3) is 0 Å². The van der Waals surface area contributed by atoms with E-state index >= 15 is 0 Å². The van der Waals surface area contributed by atoms with E-state index in [1.54, 1.807) is 24.3 Å². The molecule has 5 nitrogen and oxygen atoms in total. The van der Waals surface area contributed by atoms with Crippen molar-refractivity contribution in [3.8, 4) is 0 Å². The minimum absolute atomic E-state index is 0.0468. The summed E-state index contributed by atoms with van der Waals surface area (Å²) in [4.78, 5) is 10.7. The molecule has 5 heteroatoms. The molecule has 0 saturated carbocycles. The number of carbonyl (C=O) groups excluding carboxylic acids is 1. The number of hydrogen-bond donors (Lipinski definition) is 4. The minimum atomic E-state index is -1.98. The summed E-state index contributed by atoms with van der Waals surface area (Å²) in [5, 5.41) is 41.6. The topological polar surface area (TPSA) is 98.0 Å². The summed E-state index contributed by atoms with van der Waals surface area (Å²) in [5.41, 5.74) is -1.27. The van der Waals surface area contributed by atoms with Gasteiger partial charge in [-0.25, -0.2) is 0 Å². The van der Waals surface area contributed by atoms with E-state index in [2.05, 4.69) is 0 Å². The van der Waals surface area contributed by atoms with Gasteiger partial charge in [0.05, 0.1) is 12.2 Å². The molecule has 0 bridgehead atoms. The Morgan fingerprint density at radius 3 is 2.35 bits per heavy atom. The maximum Gasteiger partial charge on any atom is 0.123 e. The van der Waals surface area contributed by atoms with Crippen LogP contribution in [-0.2, 0) is 11.2 Å². The van der Waals surface area contributed by atoms with Gasteiger partial charge >= 0.3 is 0 Å². The van der Waals surface area contributed by atoms with Gasteiger partial charge in [0.2, 0.25) is 0 Å². The van der Waals surface area contributed by atoms with Crippen molar-refractivity contribution in [2.45, 2.75) is 69.4 Å². The summed E-state index contributed by atoms with van der Waals surface area (Å²) in [6, 6.07) is 8.90. The van der Waals surface area contributed by atoms with Crippen LogP contribution in [0.5, 0.6) is 0 Å².